The summed E-state index contributed by atoms with van der Waals surface area (Å²) in [5, 5.41) is 0. The fraction of sp³-hybridized carbons (Fsp3) is 0.818. The van der Waals surface area contributed by atoms with E-state index in [4.69, 9.17) is 9.47 Å². The van der Waals surface area contributed by atoms with Crippen molar-refractivity contribution >= 4 is 12.1 Å². The van der Waals surface area contributed by atoms with Crippen molar-refractivity contribution in [1.82, 2.24) is 0 Å². The summed E-state index contributed by atoms with van der Waals surface area (Å²) in [6.45, 7) is 5.97. The molecule has 0 bridgehead atoms. The van der Waals surface area contributed by atoms with E-state index in [0.29, 0.717) is 13.0 Å². The molecule has 0 aromatic heterocycles. The first kappa shape index (κ1) is 14.7. The van der Waals surface area contributed by atoms with Crippen molar-refractivity contribution in [3.63, 3.8) is 0 Å². The molecule has 0 spiro atoms. The molecule has 0 fully saturated rings. The van der Waals surface area contributed by atoms with Gasteiger partial charge in [0, 0.05) is 0 Å². The Bertz CT molecular complexity index is 214. The minimum absolute atomic E-state index is 0.288. The largest absolute Gasteiger partial charge is 0.509 e. The molecule has 1 unspecified atom stereocenters. The number of hydrogen-bond acceptors (Lipinski definition) is 5. The van der Waals surface area contributed by atoms with Gasteiger partial charge in [0.25, 0.3) is 0 Å². The SMILES string of the molecule is CCCCOC(=O)C(C)OC(=O)OCCC. The predicted octanol–water partition coefficient (Wildman–Crippen LogP) is 2.28. The van der Waals surface area contributed by atoms with Crippen LogP contribution >= 0.6 is 0 Å². The second-order valence-electron chi connectivity index (χ2n) is 3.38. The summed E-state index contributed by atoms with van der Waals surface area (Å²) in [5.41, 5.74) is 0. The Morgan fingerprint density at radius 2 is 1.75 bits per heavy atom. The molecule has 5 nitrogen and oxygen atoms in total. The summed E-state index contributed by atoms with van der Waals surface area (Å²) in [4.78, 5) is 22.3. The number of carbonyl (C=O) groups is 2. The highest BCUT2D eigenvalue weighted by Crippen LogP contribution is 1.99. The molecule has 5 heteroatoms. The van der Waals surface area contributed by atoms with Crippen LogP contribution in [0.4, 0.5) is 4.79 Å². The molecule has 0 saturated heterocycles. The summed E-state index contributed by atoms with van der Waals surface area (Å²) in [6, 6.07) is 0. The van der Waals surface area contributed by atoms with Gasteiger partial charge in [-0.3, -0.25) is 0 Å². The van der Waals surface area contributed by atoms with E-state index in [9.17, 15) is 9.59 Å². The lowest BCUT2D eigenvalue weighted by Gasteiger charge is -2.12. The van der Waals surface area contributed by atoms with E-state index in [1.54, 1.807) is 0 Å². The molecular weight excluding hydrogens is 212 g/mol. The molecular formula is C11H20O5. The van der Waals surface area contributed by atoms with Crippen LogP contribution in [-0.2, 0) is 19.0 Å². The maximum Gasteiger partial charge on any atom is 0.509 e. The standard InChI is InChI=1S/C11H20O5/c1-4-6-8-14-10(12)9(3)16-11(13)15-7-5-2/h9H,4-8H2,1-3H3. The number of unbranched alkanes of at least 4 members (excludes halogenated alkanes) is 1. The maximum atomic E-state index is 11.3. The van der Waals surface area contributed by atoms with Gasteiger partial charge in [-0.05, 0) is 19.8 Å². The van der Waals surface area contributed by atoms with Gasteiger partial charge in [-0.2, -0.15) is 0 Å². The fourth-order valence-electron chi connectivity index (χ4n) is 0.846. The lowest BCUT2D eigenvalue weighted by atomic mass is 10.3. The van der Waals surface area contributed by atoms with E-state index in [2.05, 4.69) is 4.74 Å². The van der Waals surface area contributed by atoms with Gasteiger partial charge in [0.15, 0.2) is 6.10 Å². The molecule has 0 aromatic carbocycles. The van der Waals surface area contributed by atoms with E-state index < -0.39 is 18.2 Å². The average molecular weight is 232 g/mol. The van der Waals surface area contributed by atoms with Crippen molar-refractivity contribution in [3.05, 3.63) is 0 Å². The molecule has 0 heterocycles. The molecule has 0 aromatic rings. The molecule has 16 heavy (non-hydrogen) atoms. The lowest BCUT2D eigenvalue weighted by molar-refractivity contribution is -0.154. The fourth-order valence-corrected chi connectivity index (χ4v) is 0.846. The highest BCUT2D eigenvalue weighted by Gasteiger charge is 2.19. The maximum absolute atomic E-state index is 11.3. The molecule has 0 aliphatic heterocycles. The van der Waals surface area contributed by atoms with Crippen LogP contribution in [0.3, 0.4) is 0 Å². The van der Waals surface area contributed by atoms with Gasteiger partial charge >= 0.3 is 12.1 Å². The van der Waals surface area contributed by atoms with E-state index in [-0.39, 0.29) is 6.61 Å². The first-order valence-corrected chi connectivity index (χ1v) is 5.61. The summed E-state index contributed by atoms with van der Waals surface area (Å²) in [7, 11) is 0. The first-order valence-electron chi connectivity index (χ1n) is 5.61. The number of carbonyl (C=O) groups excluding carboxylic acids is 2. The molecule has 94 valence electrons. The third kappa shape index (κ3) is 7.09. The first-order chi connectivity index (χ1) is 7.61. The van der Waals surface area contributed by atoms with Crippen molar-refractivity contribution in [3.8, 4) is 0 Å². The predicted molar refractivity (Wildman–Crippen MR) is 58.1 cm³/mol. The van der Waals surface area contributed by atoms with Crippen LogP contribution < -0.4 is 0 Å². The van der Waals surface area contributed by atoms with Crippen molar-refractivity contribution in [2.45, 2.75) is 46.1 Å². The second-order valence-corrected chi connectivity index (χ2v) is 3.38. The third-order valence-electron chi connectivity index (χ3n) is 1.77. The Morgan fingerprint density at radius 3 is 2.31 bits per heavy atom. The number of ether oxygens (including phenoxy) is 3. The van der Waals surface area contributed by atoms with E-state index in [1.165, 1.54) is 6.92 Å². The summed E-state index contributed by atoms with van der Waals surface area (Å²) in [5.74, 6) is -0.540. The van der Waals surface area contributed by atoms with Gasteiger partial charge in [0.2, 0.25) is 0 Å². The van der Waals surface area contributed by atoms with Crippen LogP contribution in [0.2, 0.25) is 0 Å². The van der Waals surface area contributed by atoms with Crippen LogP contribution in [0.5, 0.6) is 0 Å². The van der Waals surface area contributed by atoms with E-state index in [1.807, 2.05) is 13.8 Å². The Morgan fingerprint density at radius 1 is 1.06 bits per heavy atom. The average Bonchev–Trinajstić information content (AvgIpc) is 2.26. The van der Waals surface area contributed by atoms with Gasteiger partial charge in [0.05, 0.1) is 13.2 Å². The van der Waals surface area contributed by atoms with Gasteiger partial charge in [-0.15, -0.1) is 0 Å². The molecule has 0 aliphatic rings. The molecule has 0 rings (SSSR count). The van der Waals surface area contributed by atoms with Crippen molar-refractivity contribution in [2.24, 2.45) is 0 Å². The molecule has 0 amide bonds. The normalized spacial score (nSPS) is 11.7. The Labute approximate surface area is 96.1 Å². The summed E-state index contributed by atoms with van der Waals surface area (Å²) >= 11 is 0. The van der Waals surface area contributed by atoms with E-state index >= 15 is 0 Å². The van der Waals surface area contributed by atoms with Crippen LogP contribution in [0.25, 0.3) is 0 Å². The third-order valence-corrected chi connectivity index (χ3v) is 1.77. The zero-order valence-corrected chi connectivity index (χ0v) is 10.2. The summed E-state index contributed by atoms with van der Waals surface area (Å²) < 4.78 is 14.3. The van der Waals surface area contributed by atoms with Gasteiger partial charge in [0.1, 0.15) is 0 Å². The molecule has 0 radical (unpaired) electrons. The second kappa shape index (κ2) is 9.00. The Hall–Kier alpha value is -1.26. The van der Waals surface area contributed by atoms with Crippen molar-refractivity contribution in [2.75, 3.05) is 13.2 Å². The Kier molecular flexibility index (Phi) is 8.29. The highest BCUT2D eigenvalue weighted by molar-refractivity contribution is 5.76. The minimum atomic E-state index is -0.916. The van der Waals surface area contributed by atoms with Crippen LogP contribution in [0.1, 0.15) is 40.0 Å². The van der Waals surface area contributed by atoms with Gasteiger partial charge < -0.3 is 14.2 Å². The Balaban J connectivity index is 3.73. The van der Waals surface area contributed by atoms with Crippen LogP contribution in [0.15, 0.2) is 0 Å². The number of esters is 1. The monoisotopic (exact) mass is 232 g/mol. The zero-order chi connectivity index (χ0) is 12.4. The number of rotatable bonds is 7. The van der Waals surface area contributed by atoms with Gasteiger partial charge in [-0.1, -0.05) is 20.3 Å². The molecule has 0 aliphatic carbocycles. The van der Waals surface area contributed by atoms with Crippen molar-refractivity contribution in [1.29, 1.82) is 0 Å². The topological polar surface area (TPSA) is 61.8 Å². The zero-order valence-electron chi connectivity index (χ0n) is 10.2. The van der Waals surface area contributed by atoms with Crippen molar-refractivity contribution < 1.29 is 23.8 Å². The van der Waals surface area contributed by atoms with Crippen LogP contribution in [0, 0.1) is 0 Å². The lowest BCUT2D eigenvalue weighted by Crippen LogP contribution is -2.27. The molecule has 1 atom stereocenters. The number of hydrogen-bond donors (Lipinski definition) is 0. The van der Waals surface area contributed by atoms with E-state index in [0.717, 1.165) is 12.8 Å². The summed E-state index contributed by atoms with van der Waals surface area (Å²) in [6.07, 6.45) is 0.715. The minimum Gasteiger partial charge on any atom is -0.463 e. The van der Waals surface area contributed by atoms with Gasteiger partial charge in [-0.25, -0.2) is 9.59 Å². The molecule has 0 saturated carbocycles. The van der Waals surface area contributed by atoms with Crippen LogP contribution in [-0.4, -0.2) is 31.4 Å². The highest BCUT2D eigenvalue weighted by atomic mass is 16.7. The molecule has 0 N–H and O–H groups in total. The quantitative estimate of drug-likeness (QED) is 0.497. The smallest absolute Gasteiger partial charge is 0.463 e.